The number of rotatable bonds is 12. The van der Waals surface area contributed by atoms with Crippen LogP contribution < -0.4 is 9.62 Å². The highest BCUT2D eigenvalue weighted by molar-refractivity contribution is 7.92. The van der Waals surface area contributed by atoms with Gasteiger partial charge in [-0.15, -0.1) is 0 Å². The molecule has 0 bridgehead atoms. The van der Waals surface area contributed by atoms with Crippen LogP contribution in [0.15, 0.2) is 108 Å². The molecular formula is C33H32Cl3N3O4S. The predicted octanol–water partition coefficient (Wildman–Crippen LogP) is 7.01. The van der Waals surface area contributed by atoms with Gasteiger partial charge in [0.1, 0.15) is 12.6 Å². The largest absolute Gasteiger partial charge is 0.352 e. The van der Waals surface area contributed by atoms with Crippen molar-refractivity contribution in [3.05, 3.63) is 129 Å². The van der Waals surface area contributed by atoms with Crippen molar-refractivity contribution in [3.8, 4) is 0 Å². The van der Waals surface area contributed by atoms with Crippen molar-refractivity contribution in [2.75, 3.05) is 10.8 Å². The van der Waals surface area contributed by atoms with Crippen molar-refractivity contribution in [1.29, 1.82) is 0 Å². The van der Waals surface area contributed by atoms with Gasteiger partial charge in [-0.2, -0.15) is 0 Å². The van der Waals surface area contributed by atoms with Crippen molar-refractivity contribution in [3.63, 3.8) is 0 Å². The Bertz CT molecular complexity index is 1700. The lowest BCUT2D eigenvalue weighted by atomic mass is 10.0. The molecule has 0 spiro atoms. The fourth-order valence-electron chi connectivity index (χ4n) is 4.68. The lowest BCUT2D eigenvalue weighted by molar-refractivity contribution is -0.140. The number of anilines is 1. The Morgan fingerprint density at radius 3 is 2.02 bits per heavy atom. The molecule has 1 unspecified atom stereocenters. The third-order valence-electron chi connectivity index (χ3n) is 6.73. The first-order chi connectivity index (χ1) is 21.0. The molecule has 4 aromatic rings. The molecule has 0 aliphatic carbocycles. The van der Waals surface area contributed by atoms with Crippen LogP contribution in [0.3, 0.4) is 0 Å². The molecule has 0 aliphatic rings. The lowest BCUT2D eigenvalue weighted by Gasteiger charge is -2.34. The summed E-state index contributed by atoms with van der Waals surface area (Å²) in [5, 5.41) is 3.70. The van der Waals surface area contributed by atoms with E-state index in [-0.39, 0.29) is 45.5 Å². The molecule has 1 N–H and O–H groups in total. The van der Waals surface area contributed by atoms with Gasteiger partial charge in [0.2, 0.25) is 11.8 Å². The molecule has 0 aromatic heterocycles. The first-order valence-electron chi connectivity index (χ1n) is 13.9. The highest BCUT2D eigenvalue weighted by Crippen LogP contribution is 2.33. The van der Waals surface area contributed by atoms with Gasteiger partial charge in [-0.05, 0) is 67.4 Å². The van der Waals surface area contributed by atoms with Crippen molar-refractivity contribution < 1.29 is 18.0 Å². The zero-order valence-corrected chi connectivity index (χ0v) is 27.2. The second-order valence-corrected chi connectivity index (χ2v) is 13.6. The van der Waals surface area contributed by atoms with Gasteiger partial charge in [0.25, 0.3) is 10.0 Å². The van der Waals surface area contributed by atoms with Gasteiger partial charge in [-0.25, -0.2) is 8.42 Å². The summed E-state index contributed by atoms with van der Waals surface area (Å²) in [4.78, 5) is 29.5. The van der Waals surface area contributed by atoms with E-state index in [0.717, 1.165) is 9.87 Å². The standard InChI is InChI=1S/C33H32Cl3N3O4S/c1-23(2)37-33(41)31(19-24-10-5-3-6-11-24)38(21-25-12-9-13-26(34)18-25)32(40)22-39(30-20-27(35)16-17-29(30)36)44(42,43)28-14-7-4-8-15-28/h3-18,20,23,31H,19,21-22H2,1-2H3,(H,37,41). The SMILES string of the molecule is CC(C)NC(=O)C(Cc1ccccc1)N(Cc1cccc(Cl)c1)C(=O)CN(c1cc(Cl)ccc1Cl)S(=O)(=O)c1ccccc1. The maximum absolute atomic E-state index is 14.4. The second kappa shape index (κ2) is 14.9. The Hall–Kier alpha value is -3.56. The quantitative estimate of drug-likeness (QED) is 0.176. The molecule has 4 aromatic carbocycles. The van der Waals surface area contributed by atoms with E-state index in [2.05, 4.69) is 5.32 Å². The number of hydrogen-bond donors (Lipinski definition) is 1. The summed E-state index contributed by atoms with van der Waals surface area (Å²) < 4.78 is 29.0. The van der Waals surface area contributed by atoms with E-state index in [1.165, 1.54) is 35.2 Å². The van der Waals surface area contributed by atoms with E-state index in [4.69, 9.17) is 34.8 Å². The number of halogens is 3. The van der Waals surface area contributed by atoms with Gasteiger partial charge in [-0.1, -0.05) is 95.5 Å². The molecule has 0 heterocycles. The average Bonchev–Trinajstić information content (AvgIpc) is 2.99. The van der Waals surface area contributed by atoms with Crippen LogP contribution in [0, 0.1) is 0 Å². The van der Waals surface area contributed by atoms with E-state index in [1.54, 1.807) is 42.5 Å². The average molecular weight is 673 g/mol. The fraction of sp³-hybridized carbons (Fsp3) is 0.212. The van der Waals surface area contributed by atoms with Crippen LogP contribution in [0.1, 0.15) is 25.0 Å². The molecule has 0 aliphatic heterocycles. The summed E-state index contributed by atoms with van der Waals surface area (Å²) in [5.74, 6) is -1.00. The molecule has 0 fully saturated rings. The summed E-state index contributed by atoms with van der Waals surface area (Å²) in [6.07, 6.45) is 0.190. The van der Waals surface area contributed by atoms with Crippen molar-refractivity contribution in [2.45, 2.75) is 43.8 Å². The van der Waals surface area contributed by atoms with Crippen molar-refractivity contribution in [2.24, 2.45) is 0 Å². The number of amides is 2. The topological polar surface area (TPSA) is 86.8 Å². The van der Waals surface area contributed by atoms with Crippen molar-refractivity contribution >= 4 is 62.3 Å². The minimum absolute atomic E-state index is 0.00902. The summed E-state index contributed by atoms with van der Waals surface area (Å²) in [7, 11) is -4.30. The van der Waals surface area contributed by atoms with Gasteiger partial charge in [-0.3, -0.25) is 13.9 Å². The van der Waals surface area contributed by atoms with E-state index in [0.29, 0.717) is 10.6 Å². The molecule has 0 radical (unpaired) electrons. The highest BCUT2D eigenvalue weighted by Gasteiger charge is 2.35. The Kier molecular flexibility index (Phi) is 11.3. The Balaban J connectivity index is 1.83. The zero-order valence-electron chi connectivity index (χ0n) is 24.2. The van der Waals surface area contributed by atoms with E-state index in [9.17, 15) is 18.0 Å². The Labute approximate surface area is 273 Å². The molecule has 1 atom stereocenters. The first-order valence-corrected chi connectivity index (χ1v) is 16.4. The smallest absolute Gasteiger partial charge is 0.264 e. The first kappa shape index (κ1) is 33.3. The maximum Gasteiger partial charge on any atom is 0.264 e. The van der Waals surface area contributed by atoms with Crippen LogP contribution in [0.25, 0.3) is 0 Å². The number of nitrogens with one attached hydrogen (secondary N) is 1. The van der Waals surface area contributed by atoms with Gasteiger partial charge >= 0.3 is 0 Å². The molecule has 7 nitrogen and oxygen atoms in total. The second-order valence-electron chi connectivity index (χ2n) is 10.4. The molecular weight excluding hydrogens is 641 g/mol. The van der Waals surface area contributed by atoms with Crippen LogP contribution in [0.4, 0.5) is 5.69 Å². The summed E-state index contributed by atoms with van der Waals surface area (Å²) in [5.41, 5.74) is 1.52. The van der Waals surface area contributed by atoms with Gasteiger partial charge < -0.3 is 10.2 Å². The van der Waals surface area contributed by atoms with Gasteiger partial charge in [0.15, 0.2) is 0 Å². The molecule has 4 rings (SSSR count). The van der Waals surface area contributed by atoms with Crippen LogP contribution in [0.5, 0.6) is 0 Å². The molecule has 0 saturated carbocycles. The molecule has 230 valence electrons. The number of carbonyl (C=O) groups is 2. The van der Waals surface area contributed by atoms with Crippen LogP contribution in [-0.4, -0.2) is 43.8 Å². The minimum atomic E-state index is -4.30. The monoisotopic (exact) mass is 671 g/mol. The number of carbonyl (C=O) groups excluding carboxylic acids is 2. The summed E-state index contributed by atoms with van der Waals surface area (Å²) >= 11 is 19.0. The Morgan fingerprint density at radius 1 is 0.773 bits per heavy atom. The van der Waals surface area contributed by atoms with Crippen LogP contribution in [0.2, 0.25) is 15.1 Å². The van der Waals surface area contributed by atoms with E-state index in [1.807, 2.05) is 44.2 Å². The summed E-state index contributed by atoms with van der Waals surface area (Å²) in [6.45, 7) is 2.99. The third-order valence-corrected chi connectivity index (χ3v) is 9.29. The summed E-state index contributed by atoms with van der Waals surface area (Å²) in [6, 6.07) is 27.2. The number of hydrogen-bond acceptors (Lipinski definition) is 4. The van der Waals surface area contributed by atoms with Gasteiger partial charge in [0.05, 0.1) is 15.6 Å². The predicted molar refractivity (Wildman–Crippen MR) is 177 cm³/mol. The Morgan fingerprint density at radius 2 is 1.39 bits per heavy atom. The molecule has 44 heavy (non-hydrogen) atoms. The molecule has 2 amide bonds. The highest BCUT2D eigenvalue weighted by atomic mass is 35.5. The lowest BCUT2D eigenvalue weighted by Crippen LogP contribution is -2.54. The molecule has 11 heteroatoms. The number of sulfonamides is 1. The van der Waals surface area contributed by atoms with Gasteiger partial charge in [0, 0.05) is 29.1 Å². The van der Waals surface area contributed by atoms with Crippen LogP contribution in [-0.2, 0) is 32.6 Å². The zero-order chi connectivity index (χ0) is 31.9. The number of benzene rings is 4. The molecule has 0 saturated heterocycles. The van der Waals surface area contributed by atoms with E-state index >= 15 is 0 Å². The van der Waals surface area contributed by atoms with Crippen molar-refractivity contribution in [1.82, 2.24) is 10.2 Å². The number of nitrogens with zero attached hydrogens (tertiary/aromatic N) is 2. The maximum atomic E-state index is 14.4. The van der Waals surface area contributed by atoms with E-state index < -0.39 is 28.5 Å². The van der Waals surface area contributed by atoms with Crippen LogP contribution >= 0.6 is 34.8 Å². The fourth-order valence-corrected chi connectivity index (χ4v) is 6.77. The normalized spacial score (nSPS) is 12.0. The third kappa shape index (κ3) is 8.54. The minimum Gasteiger partial charge on any atom is -0.352 e.